The molecular formula is C17H15ClF3N3O. The van der Waals surface area contributed by atoms with Crippen molar-refractivity contribution in [3.05, 3.63) is 58.5 Å². The highest BCUT2D eigenvalue weighted by Crippen LogP contribution is 2.31. The van der Waals surface area contributed by atoms with E-state index in [4.69, 9.17) is 16.3 Å². The van der Waals surface area contributed by atoms with Crippen molar-refractivity contribution in [3.63, 3.8) is 0 Å². The van der Waals surface area contributed by atoms with Gasteiger partial charge in [0.25, 0.3) is 0 Å². The van der Waals surface area contributed by atoms with Crippen LogP contribution in [0.4, 0.5) is 13.2 Å². The second-order valence-corrected chi connectivity index (χ2v) is 5.95. The molecule has 3 aromatic rings. The van der Waals surface area contributed by atoms with Crippen molar-refractivity contribution in [2.24, 2.45) is 0 Å². The Morgan fingerprint density at radius 2 is 2.04 bits per heavy atom. The first-order valence-electron chi connectivity index (χ1n) is 7.62. The zero-order valence-corrected chi connectivity index (χ0v) is 14.1. The number of ether oxygens (including phenoxy) is 1. The van der Waals surface area contributed by atoms with Gasteiger partial charge in [-0.2, -0.15) is 18.3 Å². The summed E-state index contributed by atoms with van der Waals surface area (Å²) in [6.07, 6.45) is -1.59. The Bertz CT molecular complexity index is 892. The van der Waals surface area contributed by atoms with Gasteiger partial charge in [-0.25, -0.2) is 0 Å². The van der Waals surface area contributed by atoms with Crippen LogP contribution in [0.5, 0.6) is 0 Å². The van der Waals surface area contributed by atoms with Gasteiger partial charge in [0.1, 0.15) is 0 Å². The van der Waals surface area contributed by atoms with Crippen molar-refractivity contribution >= 4 is 22.5 Å². The van der Waals surface area contributed by atoms with Crippen LogP contribution < -0.4 is 0 Å². The molecule has 0 saturated carbocycles. The lowest BCUT2D eigenvalue weighted by atomic mass is 10.1. The van der Waals surface area contributed by atoms with Crippen molar-refractivity contribution in [3.8, 4) is 0 Å². The minimum atomic E-state index is -4.52. The summed E-state index contributed by atoms with van der Waals surface area (Å²) in [5, 5.41) is 5.02. The zero-order chi connectivity index (χ0) is 18.0. The molecule has 1 aromatic carbocycles. The summed E-state index contributed by atoms with van der Waals surface area (Å²) in [4.78, 5) is 4.19. The Hall–Kier alpha value is -2.12. The highest BCUT2D eigenvalue weighted by atomic mass is 35.5. The van der Waals surface area contributed by atoms with E-state index in [-0.39, 0.29) is 18.7 Å². The maximum absolute atomic E-state index is 13.1. The Morgan fingerprint density at radius 1 is 1.24 bits per heavy atom. The van der Waals surface area contributed by atoms with Crippen LogP contribution in [0.3, 0.4) is 0 Å². The van der Waals surface area contributed by atoms with Gasteiger partial charge in [-0.3, -0.25) is 9.67 Å². The van der Waals surface area contributed by atoms with E-state index in [1.165, 1.54) is 10.9 Å². The highest BCUT2D eigenvalue weighted by molar-refractivity contribution is 6.31. The molecule has 0 N–H and O–H groups in total. The molecule has 0 bridgehead atoms. The molecule has 3 rings (SSSR count). The van der Waals surface area contributed by atoms with Crippen LogP contribution in [0.15, 0.2) is 36.7 Å². The SMILES string of the molecule is CCOCc1cn(Cc2ccc3ncc(Cl)cc3c2)nc1C(F)(F)F. The number of alkyl halides is 3. The number of fused-ring (bicyclic) bond motifs is 1. The average Bonchev–Trinajstić information content (AvgIpc) is 2.95. The van der Waals surface area contributed by atoms with Crippen LogP contribution in [0.1, 0.15) is 23.7 Å². The molecule has 0 aliphatic rings. The summed E-state index contributed by atoms with van der Waals surface area (Å²) in [5.41, 5.74) is 0.684. The van der Waals surface area contributed by atoms with Gasteiger partial charge in [0, 0.05) is 30.0 Å². The van der Waals surface area contributed by atoms with E-state index >= 15 is 0 Å². The smallest absolute Gasteiger partial charge is 0.377 e. The second-order valence-electron chi connectivity index (χ2n) is 5.52. The van der Waals surface area contributed by atoms with Gasteiger partial charge < -0.3 is 4.74 Å². The van der Waals surface area contributed by atoms with Crippen LogP contribution in [-0.2, 0) is 24.1 Å². The third-order valence-electron chi connectivity index (χ3n) is 3.62. The monoisotopic (exact) mass is 369 g/mol. The molecule has 2 aromatic heterocycles. The fourth-order valence-electron chi connectivity index (χ4n) is 2.54. The average molecular weight is 370 g/mol. The van der Waals surface area contributed by atoms with Gasteiger partial charge in [0.2, 0.25) is 0 Å². The van der Waals surface area contributed by atoms with E-state index in [1.54, 1.807) is 31.3 Å². The maximum atomic E-state index is 13.1. The Kier molecular flexibility index (Phi) is 4.96. The number of halogens is 4. The van der Waals surface area contributed by atoms with Crippen molar-refractivity contribution in [1.29, 1.82) is 0 Å². The fraction of sp³-hybridized carbons (Fsp3) is 0.294. The molecule has 0 saturated heterocycles. The van der Waals surface area contributed by atoms with Gasteiger partial charge in [-0.15, -0.1) is 0 Å². The Morgan fingerprint density at radius 3 is 2.76 bits per heavy atom. The molecule has 0 aliphatic heterocycles. The van der Waals surface area contributed by atoms with Crippen LogP contribution in [-0.4, -0.2) is 21.4 Å². The molecule has 132 valence electrons. The van der Waals surface area contributed by atoms with E-state index in [9.17, 15) is 13.2 Å². The van der Waals surface area contributed by atoms with Crippen molar-refractivity contribution in [2.75, 3.05) is 6.61 Å². The van der Waals surface area contributed by atoms with Crippen LogP contribution in [0.25, 0.3) is 10.9 Å². The molecule has 0 atom stereocenters. The normalized spacial score (nSPS) is 12.0. The number of benzene rings is 1. The second kappa shape index (κ2) is 7.01. The van der Waals surface area contributed by atoms with E-state index in [2.05, 4.69) is 10.1 Å². The number of rotatable bonds is 5. The summed E-state index contributed by atoms with van der Waals surface area (Å²) in [6, 6.07) is 7.21. The van der Waals surface area contributed by atoms with E-state index in [1.807, 2.05) is 6.07 Å². The molecule has 0 amide bonds. The number of hydrogen-bond donors (Lipinski definition) is 0. The lowest BCUT2D eigenvalue weighted by Gasteiger charge is -2.06. The third kappa shape index (κ3) is 4.11. The number of aromatic nitrogens is 3. The molecule has 8 heteroatoms. The molecule has 0 radical (unpaired) electrons. The fourth-order valence-corrected chi connectivity index (χ4v) is 2.71. The minimum Gasteiger partial charge on any atom is -0.377 e. The number of hydrogen-bond acceptors (Lipinski definition) is 3. The van der Waals surface area contributed by atoms with Crippen molar-refractivity contribution in [1.82, 2.24) is 14.8 Å². The van der Waals surface area contributed by atoms with E-state index in [0.29, 0.717) is 11.6 Å². The predicted molar refractivity (Wildman–Crippen MR) is 88.4 cm³/mol. The lowest BCUT2D eigenvalue weighted by molar-refractivity contribution is -0.142. The standard InChI is InChI=1S/C17H15ClF3N3O/c1-2-25-10-13-9-24(23-16(13)17(19,20)21)8-11-3-4-15-12(5-11)6-14(18)7-22-15/h3-7,9H,2,8,10H2,1H3. The van der Waals surface area contributed by atoms with Gasteiger partial charge in [-0.05, 0) is 30.7 Å². The van der Waals surface area contributed by atoms with Crippen molar-refractivity contribution < 1.29 is 17.9 Å². The quantitative estimate of drug-likeness (QED) is 0.655. The molecule has 0 aliphatic carbocycles. The Labute approximate surface area is 147 Å². The topological polar surface area (TPSA) is 39.9 Å². The first kappa shape index (κ1) is 17.7. The van der Waals surface area contributed by atoms with Crippen LogP contribution in [0, 0.1) is 0 Å². The Balaban J connectivity index is 1.90. The summed E-state index contributed by atoms with van der Waals surface area (Å²) >= 11 is 5.94. The third-order valence-corrected chi connectivity index (χ3v) is 3.83. The molecule has 2 heterocycles. The summed E-state index contributed by atoms with van der Waals surface area (Å²) in [6.45, 7) is 2.15. The lowest BCUT2D eigenvalue weighted by Crippen LogP contribution is -2.11. The molecule has 25 heavy (non-hydrogen) atoms. The largest absolute Gasteiger partial charge is 0.435 e. The van der Waals surface area contributed by atoms with Gasteiger partial charge in [0.15, 0.2) is 5.69 Å². The summed E-state index contributed by atoms with van der Waals surface area (Å²) in [7, 11) is 0. The van der Waals surface area contributed by atoms with Gasteiger partial charge in [0.05, 0.1) is 23.7 Å². The highest BCUT2D eigenvalue weighted by Gasteiger charge is 2.37. The van der Waals surface area contributed by atoms with Crippen molar-refractivity contribution in [2.45, 2.75) is 26.3 Å². The molecule has 0 spiro atoms. The first-order valence-corrected chi connectivity index (χ1v) is 8.00. The van der Waals surface area contributed by atoms with Gasteiger partial charge >= 0.3 is 6.18 Å². The minimum absolute atomic E-state index is 0.0276. The number of nitrogens with zero attached hydrogens (tertiary/aromatic N) is 3. The molecular weight excluding hydrogens is 355 g/mol. The maximum Gasteiger partial charge on any atom is 0.435 e. The first-order chi connectivity index (χ1) is 11.9. The van der Waals surface area contributed by atoms with Crippen LogP contribution in [0.2, 0.25) is 5.02 Å². The summed E-state index contributed by atoms with van der Waals surface area (Å²) in [5.74, 6) is 0. The summed E-state index contributed by atoms with van der Waals surface area (Å²) < 4.78 is 45.8. The zero-order valence-electron chi connectivity index (χ0n) is 13.3. The number of pyridine rings is 1. The predicted octanol–water partition coefficient (Wildman–Crippen LogP) is 4.69. The van der Waals surface area contributed by atoms with Crippen LogP contribution >= 0.6 is 11.6 Å². The molecule has 0 unspecified atom stereocenters. The van der Waals surface area contributed by atoms with Gasteiger partial charge in [-0.1, -0.05) is 17.7 Å². The van der Waals surface area contributed by atoms with E-state index in [0.717, 1.165) is 16.5 Å². The van der Waals surface area contributed by atoms with E-state index < -0.39 is 11.9 Å². The molecule has 0 fully saturated rings. The molecule has 4 nitrogen and oxygen atoms in total.